The summed E-state index contributed by atoms with van der Waals surface area (Å²) < 4.78 is 17.8. The molecule has 8 nitrogen and oxygen atoms in total. The summed E-state index contributed by atoms with van der Waals surface area (Å²) in [5.74, 6) is 0.102. The number of aromatic nitrogens is 2. The molecule has 1 fully saturated rings. The van der Waals surface area contributed by atoms with Crippen molar-refractivity contribution in [1.29, 1.82) is 0 Å². The zero-order chi connectivity index (χ0) is 15.9. The number of rotatable bonds is 8. The Bertz CT molecular complexity index is 497. The lowest BCUT2D eigenvalue weighted by molar-refractivity contribution is -0.386. The first-order valence-electron chi connectivity index (χ1n) is 7.67. The molecule has 0 aromatic carbocycles. The van der Waals surface area contributed by atoms with E-state index < -0.39 is 4.92 Å². The molecule has 1 aliphatic heterocycles. The number of ether oxygens (including phenoxy) is 3. The van der Waals surface area contributed by atoms with E-state index in [1.807, 2.05) is 6.92 Å². The fourth-order valence-electron chi connectivity index (χ4n) is 2.55. The zero-order valence-corrected chi connectivity index (χ0v) is 13.1. The van der Waals surface area contributed by atoms with Crippen LogP contribution >= 0.6 is 0 Å². The van der Waals surface area contributed by atoms with Gasteiger partial charge in [0.25, 0.3) is 0 Å². The summed E-state index contributed by atoms with van der Waals surface area (Å²) in [7, 11) is 0. The molecule has 1 aliphatic rings. The molecule has 1 saturated heterocycles. The predicted octanol–water partition coefficient (Wildman–Crippen LogP) is 2.26. The Morgan fingerprint density at radius 2 is 2.14 bits per heavy atom. The van der Waals surface area contributed by atoms with E-state index in [9.17, 15) is 10.1 Å². The van der Waals surface area contributed by atoms with Crippen molar-refractivity contribution in [3.63, 3.8) is 0 Å². The van der Waals surface area contributed by atoms with E-state index in [1.54, 1.807) is 11.6 Å². The Hall–Kier alpha value is -1.67. The predicted molar refractivity (Wildman–Crippen MR) is 79.3 cm³/mol. The van der Waals surface area contributed by atoms with E-state index in [0.717, 1.165) is 12.8 Å². The molecule has 1 aromatic heterocycles. The van der Waals surface area contributed by atoms with E-state index >= 15 is 0 Å². The third-order valence-electron chi connectivity index (χ3n) is 3.68. The van der Waals surface area contributed by atoms with Gasteiger partial charge in [0.05, 0.1) is 17.6 Å². The minimum absolute atomic E-state index is 0.0390. The van der Waals surface area contributed by atoms with Crippen LogP contribution in [0, 0.1) is 17.0 Å². The molecule has 0 saturated carbocycles. The van der Waals surface area contributed by atoms with Crippen LogP contribution in [0.4, 0.5) is 5.69 Å². The van der Waals surface area contributed by atoms with Gasteiger partial charge in [0.15, 0.2) is 0 Å². The SMILES string of the molecule is CCOCCCOc1nn(C2CCOCC2)c(C)c1[N+](=O)[O-]. The van der Waals surface area contributed by atoms with Crippen molar-refractivity contribution in [2.75, 3.05) is 33.0 Å². The van der Waals surface area contributed by atoms with Crippen LogP contribution in [-0.2, 0) is 9.47 Å². The molecule has 0 N–H and O–H groups in total. The first-order chi connectivity index (χ1) is 10.6. The summed E-state index contributed by atoms with van der Waals surface area (Å²) in [5.41, 5.74) is 0.500. The van der Waals surface area contributed by atoms with Gasteiger partial charge in [-0.2, -0.15) is 0 Å². The normalized spacial score (nSPS) is 15.9. The van der Waals surface area contributed by atoms with E-state index in [0.29, 0.717) is 45.1 Å². The summed E-state index contributed by atoms with van der Waals surface area (Å²) in [6, 6.07) is 0.133. The average Bonchev–Trinajstić information content (AvgIpc) is 2.85. The lowest BCUT2D eigenvalue weighted by Crippen LogP contribution is -2.21. The second-order valence-electron chi connectivity index (χ2n) is 5.18. The third kappa shape index (κ3) is 3.95. The minimum Gasteiger partial charge on any atom is -0.472 e. The Morgan fingerprint density at radius 3 is 2.77 bits per heavy atom. The van der Waals surface area contributed by atoms with Gasteiger partial charge in [0.2, 0.25) is 0 Å². The minimum atomic E-state index is -0.421. The third-order valence-corrected chi connectivity index (χ3v) is 3.68. The van der Waals surface area contributed by atoms with E-state index in [1.165, 1.54) is 0 Å². The molecule has 2 heterocycles. The van der Waals surface area contributed by atoms with Crippen molar-refractivity contribution in [2.24, 2.45) is 0 Å². The van der Waals surface area contributed by atoms with Crippen molar-refractivity contribution in [1.82, 2.24) is 9.78 Å². The van der Waals surface area contributed by atoms with Gasteiger partial charge >= 0.3 is 11.6 Å². The molecule has 124 valence electrons. The standard InChI is InChI=1S/C14H23N3O5/c1-3-20-7-4-8-22-14-13(17(18)19)11(2)16(15-14)12-5-9-21-10-6-12/h12H,3-10H2,1-2H3. The quantitative estimate of drug-likeness (QED) is 0.415. The van der Waals surface area contributed by atoms with E-state index in [-0.39, 0.29) is 17.6 Å². The molecule has 0 amide bonds. The van der Waals surface area contributed by atoms with Crippen molar-refractivity contribution in [2.45, 2.75) is 39.2 Å². The van der Waals surface area contributed by atoms with Crippen LogP contribution in [0.15, 0.2) is 0 Å². The maximum Gasteiger partial charge on any atom is 0.352 e. The van der Waals surface area contributed by atoms with Gasteiger partial charge < -0.3 is 14.2 Å². The molecular formula is C14H23N3O5. The Kier molecular flexibility index (Phi) is 6.14. The maximum atomic E-state index is 11.3. The molecule has 1 aromatic rings. The second-order valence-corrected chi connectivity index (χ2v) is 5.18. The maximum absolute atomic E-state index is 11.3. The molecule has 0 bridgehead atoms. The molecule has 0 atom stereocenters. The number of nitro groups is 1. The fourth-order valence-corrected chi connectivity index (χ4v) is 2.55. The van der Waals surface area contributed by atoms with Crippen LogP contribution in [-0.4, -0.2) is 47.7 Å². The van der Waals surface area contributed by atoms with Crippen molar-refractivity contribution < 1.29 is 19.1 Å². The lowest BCUT2D eigenvalue weighted by atomic mass is 10.1. The van der Waals surface area contributed by atoms with Crippen LogP contribution in [0.5, 0.6) is 5.88 Å². The van der Waals surface area contributed by atoms with Crippen LogP contribution in [0.2, 0.25) is 0 Å². The first-order valence-corrected chi connectivity index (χ1v) is 7.67. The summed E-state index contributed by atoms with van der Waals surface area (Å²) in [6.45, 7) is 6.52. The molecule has 2 rings (SSSR count). The van der Waals surface area contributed by atoms with Crippen molar-refractivity contribution in [3.05, 3.63) is 15.8 Å². The summed E-state index contributed by atoms with van der Waals surface area (Å²) in [4.78, 5) is 10.9. The summed E-state index contributed by atoms with van der Waals surface area (Å²) in [5, 5.41) is 15.6. The van der Waals surface area contributed by atoms with E-state index in [4.69, 9.17) is 14.2 Å². The van der Waals surface area contributed by atoms with Gasteiger partial charge in [-0.1, -0.05) is 0 Å². The van der Waals surface area contributed by atoms with Crippen LogP contribution in [0.1, 0.15) is 37.9 Å². The number of hydrogen-bond donors (Lipinski definition) is 0. The van der Waals surface area contributed by atoms with Gasteiger partial charge in [0, 0.05) is 32.8 Å². The molecule has 0 aliphatic carbocycles. The number of nitrogens with zero attached hydrogens (tertiary/aromatic N) is 3. The Morgan fingerprint density at radius 1 is 1.41 bits per heavy atom. The van der Waals surface area contributed by atoms with Crippen LogP contribution < -0.4 is 4.74 Å². The van der Waals surface area contributed by atoms with Crippen LogP contribution in [0.3, 0.4) is 0 Å². The Labute approximate surface area is 129 Å². The molecule has 0 unspecified atom stereocenters. The van der Waals surface area contributed by atoms with Gasteiger partial charge in [0.1, 0.15) is 5.69 Å². The highest BCUT2D eigenvalue weighted by Crippen LogP contribution is 2.34. The monoisotopic (exact) mass is 313 g/mol. The highest BCUT2D eigenvalue weighted by atomic mass is 16.6. The lowest BCUT2D eigenvalue weighted by Gasteiger charge is -2.22. The fraction of sp³-hybridized carbons (Fsp3) is 0.786. The largest absolute Gasteiger partial charge is 0.472 e. The Balaban J connectivity index is 2.08. The second kappa shape index (κ2) is 8.09. The summed E-state index contributed by atoms with van der Waals surface area (Å²) >= 11 is 0. The van der Waals surface area contributed by atoms with Crippen molar-refractivity contribution in [3.8, 4) is 5.88 Å². The molecule has 0 radical (unpaired) electrons. The van der Waals surface area contributed by atoms with Gasteiger partial charge in [-0.25, -0.2) is 0 Å². The molecule has 8 heteroatoms. The van der Waals surface area contributed by atoms with Gasteiger partial charge in [-0.3, -0.25) is 14.8 Å². The number of hydrogen-bond acceptors (Lipinski definition) is 6. The first kappa shape index (κ1) is 16.7. The van der Waals surface area contributed by atoms with Crippen LogP contribution in [0.25, 0.3) is 0 Å². The smallest absolute Gasteiger partial charge is 0.352 e. The van der Waals surface area contributed by atoms with E-state index in [2.05, 4.69) is 5.10 Å². The van der Waals surface area contributed by atoms with Gasteiger partial charge in [-0.05, 0) is 26.7 Å². The molecule has 22 heavy (non-hydrogen) atoms. The van der Waals surface area contributed by atoms with Crippen molar-refractivity contribution >= 4 is 5.69 Å². The molecular weight excluding hydrogens is 290 g/mol. The molecule has 0 spiro atoms. The topological polar surface area (TPSA) is 88.7 Å². The van der Waals surface area contributed by atoms with Gasteiger partial charge in [-0.15, -0.1) is 5.10 Å². The average molecular weight is 313 g/mol. The highest BCUT2D eigenvalue weighted by molar-refractivity contribution is 5.45. The summed E-state index contributed by atoms with van der Waals surface area (Å²) in [6.07, 6.45) is 2.29. The zero-order valence-electron chi connectivity index (χ0n) is 13.1. The highest BCUT2D eigenvalue weighted by Gasteiger charge is 2.30.